The molecule has 154 valence electrons. The van der Waals surface area contributed by atoms with Crippen molar-refractivity contribution in [2.45, 2.75) is 29.9 Å². The van der Waals surface area contributed by atoms with Crippen molar-refractivity contribution in [1.82, 2.24) is 20.4 Å². The normalized spacial score (nSPS) is 17.7. The minimum absolute atomic E-state index is 0. The van der Waals surface area contributed by atoms with Crippen LogP contribution in [0.3, 0.4) is 0 Å². The van der Waals surface area contributed by atoms with E-state index in [1.807, 2.05) is 18.8 Å². The molecule has 1 saturated heterocycles. The number of thioether (sulfide) groups is 1. The molecular weight excluding hydrogens is 469 g/mol. The zero-order valence-electron chi connectivity index (χ0n) is 17.0. The highest BCUT2D eigenvalue weighted by Gasteiger charge is 2.11. The lowest BCUT2D eigenvalue weighted by Gasteiger charge is -2.20. The van der Waals surface area contributed by atoms with E-state index in [0.717, 1.165) is 32.0 Å². The van der Waals surface area contributed by atoms with E-state index in [2.05, 4.69) is 69.7 Å². The van der Waals surface area contributed by atoms with Gasteiger partial charge in [-0.05, 0) is 51.7 Å². The lowest BCUT2D eigenvalue weighted by molar-refractivity contribution is 0.274. The van der Waals surface area contributed by atoms with Crippen LogP contribution in [0.4, 0.5) is 0 Å². The molecule has 0 bridgehead atoms. The summed E-state index contributed by atoms with van der Waals surface area (Å²) in [5.41, 5.74) is 0. The first-order chi connectivity index (χ1) is 12.7. The Bertz CT molecular complexity index is 528. The van der Waals surface area contributed by atoms with Gasteiger partial charge in [0.05, 0.1) is 0 Å². The SMILES string of the molecule is CN=C(NCCCN1CCCN(C)CC1)NCC(C)Sc1ccccc1.I. The zero-order valence-corrected chi connectivity index (χ0v) is 20.1. The first-order valence-electron chi connectivity index (χ1n) is 9.74. The van der Waals surface area contributed by atoms with E-state index in [1.165, 1.54) is 37.5 Å². The molecule has 1 heterocycles. The number of hydrogen-bond donors (Lipinski definition) is 2. The molecule has 0 spiro atoms. The summed E-state index contributed by atoms with van der Waals surface area (Å²) < 4.78 is 0. The number of nitrogens with zero attached hydrogens (tertiary/aromatic N) is 3. The van der Waals surface area contributed by atoms with E-state index >= 15 is 0 Å². The average molecular weight is 506 g/mol. The summed E-state index contributed by atoms with van der Waals surface area (Å²) >= 11 is 1.89. The van der Waals surface area contributed by atoms with Crippen molar-refractivity contribution >= 4 is 41.7 Å². The average Bonchev–Trinajstić information content (AvgIpc) is 2.86. The Morgan fingerprint density at radius 3 is 2.67 bits per heavy atom. The summed E-state index contributed by atoms with van der Waals surface area (Å²) in [6.07, 6.45) is 2.43. The van der Waals surface area contributed by atoms with Crippen LogP contribution in [0, 0.1) is 0 Å². The number of rotatable bonds is 8. The number of likely N-dealkylation sites (N-methyl/N-ethyl adjacent to an activating group) is 1. The summed E-state index contributed by atoms with van der Waals surface area (Å²) in [4.78, 5) is 10.7. The second-order valence-electron chi connectivity index (χ2n) is 6.97. The van der Waals surface area contributed by atoms with Crippen LogP contribution in [0.25, 0.3) is 0 Å². The van der Waals surface area contributed by atoms with Crippen LogP contribution >= 0.6 is 35.7 Å². The van der Waals surface area contributed by atoms with Crippen molar-refractivity contribution in [3.63, 3.8) is 0 Å². The third-order valence-electron chi connectivity index (χ3n) is 4.62. The van der Waals surface area contributed by atoms with Crippen molar-refractivity contribution in [2.75, 3.05) is 59.9 Å². The fourth-order valence-corrected chi connectivity index (χ4v) is 4.01. The molecule has 0 aromatic heterocycles. The maximum Gasteiger partial charge on any atom is 0.191 e. The first kappa shape index (κ1) is 24.5. The highest BCUT2D eigenvalue weighted by atomic mass is 127. The molecule has 1 atom stereocenters. The van der Waals surface area contributed by atoms with Crippen molar-refractivity contribution in [2.24, 2.45) is 4.99 Å². The Morgan fingerprint density at radius 2 is 1.93 bits per heavy atom. The van der Waals surface area contributed by atoms with Gasteiger partial charge in [0, 0.05) is 43.4 Å². The van der Waals surface area contributed by atoms with E-state index in [-0.39, 0.29) is 24.0 Å². The predicted octanol–water partition coefficient (Wildman–Crippen LogP) is 2.98. The van der Waals surface area contributed by atoms with Gasteiger partial charge in [0.1, 0.15) is 0 Å². The van der Waals surface area contributed by atoms with Crippen molar-refractivity contribution in [3.8, 4) is 0 Å². The van der Waals surface area contributed by atoms with Gasteiger partial charge in [-0.3, -0.25) is 4.99 Å². The maximum atomic E-state index is 4.34. The van der Waals surface area contributed by atoms with Crippen molar-refractivity contribution in [3.05, 3.63) is 30.3 Å². The summed E-state index contributed by atoms with van der Waals surface area (Å²) in [5, 5.41) is 7.38. The van der Waals surface area contributed by atoms with E-state index in [4.69, 9.17) is 0 Å². The molecule has 2 rings (SSSR count). The minimum Gasteiger partial charge on any atom is -0.356 e. The van der Waals surface area contributed by atoms with Crippen molar-refractivity contribution in [1.29, 1.82) is 0 Å². The maximum absolute atomic E-state index is 4.34. The second-order valence-corrected chi connectivity index (χ2v) is 8.49. The Balaban J connectivity index is 0.00000364. The molecule has 0 aliphatic carbocycles. The zero-order chi connectivity index (χ0) is 18.6. The molecule has 1 unspecified atom stereocenters. The first-order valence-corrected chi connectivity index (χ1v) is 10.6. The number of hydrogen-bond acceptors (Lipinski definition) is 4. The highest BCUT2D eigenvalue weighted by Crippen LogP contribution is 2.21. The molecule has 7 heteroatoms. The van der Waals surface area contributed by atoms with Gasteiger partial charge in [0.2, 0.25) is 0 Å². The van der Waals surface area contributed by atoms with Crippen molar-refractivity contribution < 1.29 is 0 Å². The molecular formula is C20H36IN5S. The quantitative estimate of drug-likeness (QED) is 0.187. The summed E-state index contributed by atoms with van der Waals surface area (Å²) in [7, 11) is 4.06. The molecule has 0 saturated carbocycles. The molecule has 2 N–H and O–H groups in total. The highest BCUT2D eigenvalue weighted by molar-refractivity contribution is 14.0. The Morgan fingerprint density at radius 1 is 1.15 bits per heavy atom. The van der Waals surface area contributed by atoms with Crippen LogP contribution in [-0.2, 0) is 0 Å². The molecule has 0 amide bonds. The van der Waals surface area contributed by atoms with E-state index < -0.39 is 0 Å². The minimum atomic E-state index is 0. The molecule has 1 aromatic rings. The van der Waals surface area contributed by atoms with Gasteiger partial charge in [0.15, 0.2) is 5.96 Å². The smallest absolute Gasteiger partial charge is 0.191 e. The van der Waals surface area contributed by atoms with Gasteiger partial charge < -0.3 is 20.4 Å². The molecule has 0 radical (unpaired) electrons. The fourth-order valence-electron chi connectivity index (χ4n) is 3.07. The van der Waals surface area contributed by atoms with E-state index in [1.54, 1.807) is 0 Å². The molecule has 27 heavy (non-hydrogen) atoms. The summed E-state index contributed by atoms with van der Waals surface area (Å²) in [5.74, 6) is 0.904. The van der Waals surface area contributed by atoms with Crippen LogP contribution in [-0.4, -0.2) is 80.9 Å². The van der Waals surface area contributed by atoms with E-state index in [9.17, 15) is 0 Å². The van der Waals surface area contributed by atoms with Crippen LogP contribution in [0.5, 0.6) is 0 Å². The molecule has 1 aliphatic rings. The van der Waals surface area contributed by atoms with Crippen LogP contribution in [0.1, 0.15) is 19.8 Å². The van der Waals surface area contributed by atoms with Crippen LogP contribution in [0.15, 0.2) is 40.2 Å². The lowest BCUT2D eigenvalue weighted by Crippen LogP contribution is -2.41. The number of aliphatic imine (C=N–C) groups is 1. The fraction of sp³-hybridized carbons (Fsp3) is 0.650. The Kier molecular flexibility index (Phi) is 13.2. The van der Waals surface area contributed by atoms with E-state index in [0.29, 0.717) is 5.25 Å². The van der Waals surface area contributed by atoms with Crippen LogP contribution in [0.2, 0.25) is 0 Å². The van der Waals surface area contributed by atoms with Gasteiger partial charge in [-0.1, -0.05) is 25.1 Å². The molecule has 1 fully saturated rings. The number of guanidine groups is 1. The summed E-state index contributed by atoms with van der Waals surface area (Å²) in [6.45, 7) is 10.1. The van der Waals surface area contributed by atoms with Crippen LogP contribution < -0.4 is 10.6 Å². The Labute approximate surface area is 186 Å². The standard InChI is InChI=1S/C20H35N5S.HI/c1-18(26-19-9-5-4-6-10-19)17-23-20(21-2)22-11-7-13-25-14-8-12-24(3)15-16-25;/h4-6,9-10,18H,7-8,11-17H2,1-3H3,(H2,21,22,23);1H. The van der Waals surface area contributed by atoms with Gasteiger partial charge in [-0.25, -0.2) is 0 Å². The molecule has 5 nitrogen and oxygen atoms in total. The number of benzene rings is 1. The third kappa shape index (κ3) is 10.6. The predicted molar refractivity (Wildman–Crippen MR) is 130 cm³/mol. The molecule has 1 aliphatic heterocycles. The molecule has 1 aromatic carbocycles. The van der Waals surface area contributed by atoms with Gasteiger partial charge in [-0.2, -0.15) is 0 Å². The van der Waals surface area contributed by atoms with Gasteiger partial charge >= 0.3 is 0 Å². The summed E-state index contributed by atoms with van der Waals surface area (Å²) in [6, 6.07) is 10.6. The lowest BCUT2D eigenvalue weighted by atomic mass is 10.3. The largest absolute Gasteiger partial charge is 0.356 e. The van der Waals surface area contributed by atoms with Gasteiger partial charge in [-0.15, -0.1) is 35.7 Å². The van der Waals surface area contributed by atoms with Gasteiger partial charge in [0.25, 0.3) is 0 Å². The second kappa shape index (κ2) is 14.5. The number of nitrogens with one attached hydrogen (secondary N) is 2. The topological polar surface area (TPSA) is 42.9 Å². The Hall–Kier alpha value is -0.510. The third-order valence-corrected chi connectivity index (χ3v) is 5.73. The number of halogens is 1. The monoisotopic (exact) mass is 505 g/mol.